The van der Waals surface area contributed by atoms with Gasteiger partial charge in [-0.05, 0) is 29.8 Å². The van der Waals surface area contributed by atoms with Crippen molar-refractivity contribution in [3.05, 3.63) is 89.9 Å². The van der Waals surface area contributed by atoms with Gasteiger partial charge in [0.1, 0.15) is 11.5 Å². The van der Waals surface area contributed by atoms with Crippen molar-refractivity contribution in [2.45, 2.75) is 18.9 Å². The monoisotopic (exact) mass is 415 g/mol. The van der Waals surface area contributed by atoms with Crippen LogP contribution in [0.2, 0.25) is 0 Å². The van der Waals surface area contributed by atoms with Crippen molar-refractivity contribution in [1.82, 2.24) is 15.3 Å². The number of pyridine rings is 1. The average molecular weight is 415 g/mol. The highest BCUT2D eigenvalue weighted by Crippen LogP contribution is 2.39. The number of benzene rings is 2. The minimum absolute atomic E-state index is 0.0567. The number of nitrogens with one attached hydrogen (secondary N) is 2. The van der Waals surface area contributed by atoms with Gasteiger partial charge in [-0.25, -0.2) is 0 Å². The molecular weight excluding hydrogens is 390 g/mol. The number of carbonyl (C=O) groups excluding carboxylic acids is 1. The van der Waals surface area contributed by atoms with Crippen molar-refractivity contribution < 1.29 is 14.3 Å². The van der Waals surface area contributed by atoms with Crippen molar-refractivity contribution in [2.24, 2.45) is 0 Å². The number of hydrogen-bond acceptors (Lipinski definition) is 4. The highest BCUT2D eigenvalue weighted by Gasteiger charge is 2.24. The Hall–Kier alpha value is -3.80. The van der Waals surface area contributed by atoms with E-state index in [0.29, 0.717) is 18.0 Å². The number of nitrogens with zero attached hydrogens (tertiary/aromatic N) is 1. The first kappa shape index (κ1) is 20.5. The molecule has 2 heterocycles. The molecule has 1 atom stereocenters. The molecule has 31 heavy (non-hydrogen) atoms. The lowest BCUT2D eigenvalue weighted by atomic mass is 9.87. The van der Waals surface area contributed by atoms with Crippen LogP contribution in [0.5, 0.6) is 11.5 Å². The van der Waals surface area contributed by atoms with Gasteiger partial charge in [-0.1, -0.05) is 30.3 Å². The van der Waals surface area contributed by atoms with Crippen LogP contribution in [0.4, 0.5) is 0 Å². The predicted octanol–water partition coefficient (Wildman–Crippen LogP) is 4.42. The molecule has 4 rings (SSSR count). The Balaban J connectivity index is 1.67. The van der Waals surface area contributed by atoms with E-state index in [1.165, 1.54) is 0 Å². The molecule has 2 N–H and O–H groups in total. The third kappa shape index (κ3) is 4.53. The van der Waals surface area contributed by atoms with E-state index >= 15 is 0 Å². The smallest absolute Gasteiger partial charge is 0.221 e. The second-order valence-corrected chi connectivity index (χ2v) is 7.25. The lowest BCUT2D eigenvalue weighted by Crippen LogP contribution is -2.25. The quantitative estimate of drug-likeness (QED) is 0.447. The number of H-pyrrole nitrogens is 1. The Bertz CT molecular complexity index is 1170. The molecule has 4 aromatic rings. The summed E-state index contributed by atoms with van der Waals surface area (Å²) in [6, 6.07) is 19.5. The zero-order chi connectivity index (χ0) is 21.6. The molecule has 0 fully saturated rings. The Morgan fingerprint density at radius 2 is 1.87 bits per heavy atom. The Morgan fingerprint density at radius 1 is 1.03 bits per heavy atom. The zero-order valence-electron chi connectivity index (χ0n) is 17.6. The first-order chi connectivity index (χ1) is 15.2. The molecule has 0 saturated carbocycles. The van der Waals surface area contributed by atoms with Crippen LogP contribution in [-0.4, -0.2) is 30.1 Å². The van der Waals surface area contributed by atoms with E-state index in [0.717, 1.165) is 27.7 Å². The van der Waals surface area contributed by atoms with Crippen LogP contribution in [0.3, 0.4) is 0 Å². The normalized spacial score (nSPS) is 11.8. The first-order valence-electron chi connectivity index (χ1n) is 10.1. The van der Waals surface area contributed by atoms with Crippen LogP contribution in [0, 0.1) is 0 Å². The van der Waals surface area contributed by atoms with Crippen molar-refractivity contribution >= 4 is 16.8 Å². The predicted molar refractivity (Wildman–Crippen MR) is 120 cm³/mol. The second kappa shape index (κ2) is 9.34. The summed E-state index contributed by atoms with van der Waals surface area (Å²) < 4.78 is 11.0. The maximum atomic E-state index is 12.9. The molecule has 0 aliphatic rings. The van der Waals surface area contributed by atoms with Gasteiger partial charge in [-0.3, -0.25) is 9.78 Å². The van der Waals surface area contributed by atoms with Crippen LogP contribution in [-0.2, 0) is 11.3 Å². The average Bonchev–Trinajstić information content (AvgIpc) is 3.25. The van der Waals surface area contributed by atoms with Crippen molar-refractivity contribution in [2.75, 3.05) is 14.2 Å². The molecular formula is C25H25N3O3. The molecule has 2 aromatic carbocycles. The molecule has 0 bridgehead atoms. The molecule has 0 spiro atoms. The van der Waals surface area contributed by atoms with E-state index in [4.69, 9.17) is 9.47 Å². The van der Waals surface area contributed by atoms with Gasteiger partial charge < -0.3 is 19.8 Å². The number of hydrogen-bond donors (Lipinski definition) is 2. The van der Waals surface area contributed by atoms with Gasteiger partial charge in [-0.2, -0.15) is 0 Å². The van der Waals surface area contributed by atoms with E-state index in [-0.39, 0.29) is 18.2 Å². The summed E-state index contributed by atoms with van der Waals surface area (Å²) in [6.07, 6.45) is 3.97. The number of fused-ring (bicyclic) bond motifs is 1. The van der Waals surface area contributed by atoms with E-state index in [2.05, 4.69) is 21.4 Å². The van der Waals surface area contributed by atoms with E-state index < -0.39 is 0 Å². The van der Waals surface area contributed by atoms with Crippen LogP contribution >= 0.6 is 0 Å². The highest BCUT2D eigenvalue weighted by molar-refractivity contribution is 5.86. The van der Waals surface area contributed by atoms with E-state index in [9.17, 15) is 4.79 Å². The lowest BCUT2D eigenvalue weighted by molar-refractivity contribution is -0.121. The standard InChI is InChI=1S/C25H25N3O3/c1-30-18-10-11-20(24(13-18)31-2)21(22-16-27-23-9-4-3-8-19(22)23)14-25(29)28-15-17-7-5-6-12-26-17/h3-13,16,21,27H,14-15H2,1-2H3,(H,28,29)/t21-/m1/s1. The number of methoxy groups -OCH3 is 2. The Morgan fingerprint density at radius 3 is 2.65 bits per heavy atom. The number of amides is 1. The number of ether oxygens (including phenoxy) is 2. The lowest BCUT2D eigenvalue weighted by Gasteiger charge is -2.20. The van der Waals surface area contributed by atoms with Gasteiger partial charge in [0, 0.05) is 47.3 Å². The molecule has 0 radical (unpaired) electrons. The van der Waals surface area contributed by atoms with Crippen LogP contribution in [0.15, 0.2) is 73.1 Å². The third-order valence-corrected chi connectivity index (χ3v) is 5.40. The zero-order valence-corrected chi connectivity index (χ0v) is 17.6. The minimum Gasteiger partial charge on any atom is -0.497 e. The van der Waals surface area contributed by atoms with Gasteiger partial charge in [0.15, 0.2) is 0 Å². The molecule has 2 aromatic heterocycles. The number of para-hydroxylation sites is 1. The topological polar surface area (TPSA) is 76.2 Å². The Kier molecular flexibility index (Phi) is 6.17. The summed E-state index contributed by atoms with van der Waals surface area (Å²) in [7, 11) is 3.25. The molecule has 1 amide bonds. The number of rotatable bonds is 8. The summed E-state index contributed by atoms with van der Waals surface area (Å²) in [4.78, 5) is 20.5. The number of carbonyl (C=O) groups is 1. The summed E-state index contributed by atoms with van der Waals surface area (Å²) in [6.45, 7) is 0.389. The van der Waals surface area contributed by atoms with Crippen molar-refractivity contribution in [3.63, 3.8) is 0 Å². The van der Waals surface area contributed by atoms with E-state index in [1.54, 1.807) is 20.4 Å². The van der Waals surface area contributed by atoms with Gasteiger partial charge in [-0.15, -0.1) is 0 Å². The highest BCUT2D eigenvalue weighted by atomic mass is 16.5. The Labute approximate surface area is 181 Å². The third-order valence-electron chi connectivity index (χ3n) is 5.40. The molecule has 0 unspecified atom stereocenters. The molecule has 0 aliphatic carbocycles. The summed E-state index contributed by atoms with van der Waals surface area (Å²) >= 11 is 0. The maximum absolute atomic E-state index is 12.9. The minimum atomic E-state index is -0.194. The van der Waals surface area contributed by atoms with Crippen molar-refractivity contribution in [1.29, 1.82) is 0 Å². The summed E-state index contributed by atoms with van der Waals surface area (Å²) in [5.74, 6) is 1.14. The summed E-state index contributed by atoms with van der Waals surface area (Å²) in [5, 5.41) is 4.08. The fourth-order valence-corrected chi connectivity index (χ4v) is 3.83. The largest absolute Gasteiger partial charge is 0.497 e. The van der Waals surface area contributed by atoms with Gasteiger partial charge in [0.25, 0.3) is 0 Å². The van der Waals surface area contributed by atoms with Crippen LogP contribution < -0.4 is 14.8 Å². The van der Waals surface area contributed by atoms with E-state index in [1.807, 2.05) is 60.8 Å². The van der Waals surface area contributed by atoms with Crippen molar-refractivity contribution in [3.8, 4) is 11.5 Å². The molecule has 6 nitrogen and oxygen atoms in total. The SMILES string of the molecule is COc1ccc([C@@H](CC(=O)NCc2ccccn2)c2c[nH]c3ccccc23)c(OC)c1. The first-order valence-corrected chi connectivity index (χ1v) is 10.1. The number of aromatic amines is 1. The summed E-state index contributed by atoms with van der Waals surface area (Å²) in [5.41, 5.74) is 3.83. The van der Waals surface area contributed by atoms with Gasteiger partial charge >= 0.3 is 0 Å². The molecule has 0 saturated heterocycles. The molecule has 6 heteroatoms. The number of aromatic nitrogens is 2. The molecule has 158 valence electrons. The maximum Gasteiger partial charge on any atom is 0.221 e. The van der Waals surface area contributed by atoms with Gasteiger partial charge in [0.05, 0.1) is 26.5 Å². The van der Waals surface area contributed by atoms with Crippen LogP contribution in [0.1, 0.15) is 29.2 Å². The molecule has 0 aliphatic heterocycles. The fourth-order valence-electron chi connectivity index (χ4n) is 3.83. The second-order valence-electron chi connectivity index (χ2n) is 7.25. The van der Waals surface area contributed by atoms with Gasteiger partial charge in [0.2, 0.25) is 5.91 Å². The fraction of sp³-hybridized carbons (Fsp3) is 0.200. The van der Waals surface area contributed by atoms with Crippen LogP contribution in [0.25, 0.3) is 10.9 Å².